The van der Waals surface area contributed by atoms with Gasteiger partial charge in [0.25, 0.3) is 0 Å². The zero-order valence-electron chi connectivity index (χ0n) is 17.4. The normalized spacial score (nSPS) is 44.3. The fraction of sp³-hybridized carbons (Fsp3) is 0.654. The highest BCUT2D eigenvalue weighted by Crippen LogP contribution is 2.66. The summed E-state index contributed by atoms with van der Waals surface area (Å²) in [6, 6.07) is 9.51. The minimum Gasteiger partial charge on any atom is -0.458 e. The highest BCUT2D eigenvalue weighted by molar-refractivity contribution is 5.89. The van der Waals surface area contributed by atoms with Crippen molar-refractivity contribution >= 4 is 5.97 Å². The molecule has 0 spiro atoms. The Morgan fingerprint density at radius 1 is 0.929 bits per heavy atom. The molecule has 0 radical (unpaired) electrons. The van der Waals surface area contributed by atoms with Gasteiger partial charge in [0.15, 0.2) is 0 Å². The number of ether oxygens (including phenoxy) is 1. The third-order valence-electron chi connectivity index (χ3n) is 9.38. The summed E-state index contributed by atoms with van der Waals surface area (Å²) in [6.45, 7) is 5.02. The molecule has 2 nitrogen and oxygen atoms in total. The number of allylic oxidation sites excluding steroid dienone is 2. The molecule has 2 heteroatoms. The number of benzene rings is 1. The standard InChI is InChI=1S/C26H34O2/c1-25-16-7-6-10-19(25)11-12-20-21-13-14-23(26(21,2)17-15-22(20)25)28-24(27)18-8-4-3-5-9-18/h3-9,19-23H,10-17H2,1-2H3/t19-,20?,21?,22?,23+,25+,26+/m1/s1. The van der Waals surface area contributed by atoms with E-state index in [1.54, 1.807) is 0 Å². The molecule has 4 aliphatic carbocycles. The maximum Gasteiger partial charge on any atom is 0.338 e. The Morgan fingerprint density at radius 3 is 2.54 bits per heavy atom. The first kappa shape index (κ1) is 18.5. The van der Waals surface area contributed by atoms with Gasteiger partial charge >= 0.3 is 5.97 Å². The minimum absolute atomic E-state index is 0.0861. The van der Waals surface area contributed by atoms with Gasteiger partial charge in [0, 0.05) is 5.41 Å². The van der Waals surface area contributed by atoms with Gasteiger partial charge in [0.2, 0.25) is 0 Å². The molecular formula is C26H34O2. The third-order valence-corrected chi connectivity index (χ3v) is 9.38. The van der Waals surface area contributed by atoms with E-state index in [1.807, 2.05) is 30.3 Å². The molecule has 0 aromatic heterocycles. The Labute approximate surface area is 169 Å². The van der Waals surface area contributed by atoms with E-state index in [9.17, 15) is 4.79 Å². The summed E-state index contributed by atoms with van der Waals surface area (Å²) in [5, 5.41) is 0. The SMILES string of the molecule is C[C@]12CCC3C(CC[C@H]4CC=CC[C@]34C)C1CC[C@@H]2OC(=O)c1ccccc1. The van der Waals surface area contributed by atoms with Crippen LogP contribution in [0.15, 0.2) is 42.5 Å². The molecule has 28 heavy (non-hydrogen) atoms. The van der Waals surface area contributed by atoms with E-state index in [4.69, 9.17) is 4.74 Å². The average Bonchev–Trinajstić information content (AvgIpc) is 3.04. The maximum atomic E-state index is 12.7. The van der Waals surface area contributed by atoms with E-state index in [-0.39, 0.29) is 17.5 Å². The first-order valence-corrected chi connectivity index (χ1v) is 11.4. The number of hydrogen-bond donors (Lipinski definition) is 0. The van der Waals surface area contributed by atoms with Crippen LogP contribution in [0.5, 0.6) is 0 Å². The Hall–Kier alpha value is -1.57. The lowest BCUT2D eigenvalue weighted by molar-refractivity contribution is -0.111. The number of fused-ring (bicyclic) bond motifs is 5. The van der Waals surface area contributed by atoms with Gasteiger partial charge < -0.3 is 4.74 Å². The Morgan fingerprint density at radius 2 is 1.71 bits per heavy atom. The van der Waals surface area contributed by atoms with Crippen LogP contribution in [0.4, 0.5) is 0 Å². The molecule has 3 saturated carbocycles. The average molecular weight is 379 g/mol. The smallest absolute Gasteiger partial charge is 0.338 e. The van der Waals surface area contributed by atoms with Crippen LogP contribution in [-0.4, -0.2) is 12.1 Å². The van der Waals surface area contributed by atoms with E-state index in [0.29, 0.717) is 11.0 Å². The van der Waals surface area contributed by atoms with Crippen molar-refractivity contribution in [3.63, 3.8) is 0 Å². The second-order valence-electron chi connectivity index (χ2n) is 10.4. The van der Waals surface area contributed by atoms with E-state index in [2.05, 4.69) is 26.0 Å². The maximum absolute atomic E-state index is 12.7. The molecule has 3 unspecified atom stereocenters. The van der Waals surface area contributed by atoms with Gasteiger partial charge in [0.1, 0.15) is 6.10 Å². The molecule has 4 aliphatic rings. The van der Waals surface area contributed by atoms with Crippen LogP contribution >= 0.6 is 0 Å². The minimum atomic E-state index is -0.136. The van der Waals surface area contributed by atoms with Crippen molar-refractivity contribution in [2.75, 3.05) is 0 Å². The lowest BCUT2D eigenvalue weighted by Crippen LogP contribution is -2.53. The number of esters is 1. The van der Waals surface area contributed by atoms with Gasteiger partial charge in [-0.3, -0.25) is 0 Å². The van der Waals surface area contributed by atoms with Crippen molar-refractivity contribution in [3.8, 4) is 0 Å². The lowest BCUT2D eigenvalue weighted by atomic mass is 9.46. The molecule has 5 rings (SSSR count). The van der Waals surface area contributed by atoms with E-state index < -0.39 is 0 Å². The topological polar surface area (TPSA) is 26.3 Å². The number of hydrogen-bond acceptors (Lipinski definition) is 2. The molecule has 150 valence electrons. The fourth-order valence-electron chi connectivity index (χ4n) is 7.75. The quantitative estimate of drug-likeness (QED) is 0.438. The summed E-state index contributed by atoms with van der Waals surface area (Å²) in [4.78, 5) is 12.7. The Kier molecular flexibility index (Phi) is 4.45. The van der Waals surface area contributed by atoms with Crippen molar-refractivity contribution < 1.29 is 9.53 Å². The first-order chi connectivity index (χ1) is 13.5. The van der Waals surface area contributed by atoms with Gasteiger partial charge in [-0.2, -0.15) is 0 Å². The summed E-state index contributed by atoms with van der Waals surface area (Å²) >= 11 is 0. The molecule has 0 aliphatic heterocycles. The Bertz CT molecular complexity index is 768. The summed E-state index contributed by atoms with van der Waals surface area (Å²) in [7, 11) is 0. The van der Waals surface area contributed by atoms with E-state index in [0.717, 1.165) is 30.1 Å². The molecule has 1 aromatic carbocycles. The number of rotatable bonds is 2. The third kappa shape index (κ3) is 2.70. The van der Waals surface area contributed by atoms with E-state index in [1.165, 1.54) is 44.9 Å². The molecule has 1 aromatic rings. The summed E-state index contributed by atoms with van der Waals surface area (Å²) in [6.07, 6.45) is 15.1. The van der Waals surface area contributed by atoms with Crippen molar-refractivity contribution in [1.82, 2.24) is 0 Å². The number of carbonyl (C=O) groups excluding carboxylic acids is 1. The van der Waals surface area contributed by atoms with Crippen LogP contribution in [-0.2, 0) is 4.74 Å². The van der Waals surface area contributed by atoms with Crippen LogP contribution in [0.25, 0.3) is 0 Å². The second kappa shape index (κ2) is 6.75. The molecule has 7 atom stereocenters. The van der Waals surface area contributed by atoms with Crippen molar-refractivity contribution in [2.45, 2.75) is 71.3 Å². The molecule has 0 saturated heterocycles. The van der Waals surface area contributed by atoms with Crippen LogP contribution in [0.3, 0.4) is 0 Å². The molecule has 0 heterocycles. The summed E-state index contributed by atoms with van der Waals surface area (Å²) < 4.78 is 6.13. The van der Waals surface area contributed by atoms with E-state index >= 15 is 0 Å². The van der Waals surface area contributed by atoms with Crippen molar-refractivity contribution in [2.24, 2.45) is 34.5 Å². The zero-order chi connectivity index (χ0) is 19.4. The summed E-state index contributed by atoms with van der Waals surface area (Å²) in [5.41, 5.74) is 1.35. The van der Waals surface area contributed by atoms with Gasteiger partial charge in [0.05, 0.1) is 5.56 Å². The van der Waals surface area contributed by atoms with Crippen molar-refractivity contribution in [1.29, 1.82) is 0 Å². The van der Waals surface area contributed by atoms with Crippen LogP contribution in [0.1, 0.15) is 75.6 Å². The molecule has 0 amide bonds. The summed E-state index contributed by atoms with van der Waals surface area (Å²) in [5.74, 6) is 3.16. The van der Waals surface area contributed by atoms with Gasteiger partial charge in [-0.05, 0) is 92.6 Å². The van der Waals surface area contributed by atoms with Gasteiger partial charge in [-0.1, -0.05) is 44.2 Å². The van der Waals surface area contributed by atoms with Crippen molar-refractivity contribution in [3.05, 3.63) is 48.0 Å². The van der Waals surface area contributed by atoms with Crippen LogP contribution in [0, 0.1) is 34.5 Å². The number of carbonyl (C=O) groups is 1. The monoisotopic (exact) mass is 378 g/mol. The lowest BCUT2D eigenvalue weighted by Gasteiger charge is -2.59. The molecule has 0 N–H and O–H groups in total. The second-order valence-corrected chi connectivity index (χ2v) is 10.4. The molecule has 0 bridgehead atoms. The molecular weight excluding hydrogens is 344 g/mol. The van der Waals surface area contributed by atoms with Crippen LogP contribution < -0.4 is 0 Å². The predicted octanol–water partition coefficient (Wildman–Crippen LogP) is 6.42. The highest BCUT2D eigenvalue weighted by atomic mass is 16.5. The highest BCUT2D eigenvalue weighted by Gasteiger charge is 2.60. The zero-order valence-corrected chi connectivity index (χ0v) is 17.4. The molecule has 3 fully saturated rings. The van der Waals surface area contributed by atoms with Gasteiger partial charge in [-0.25, -0.2) is 4.79 Å². The first-order valence-electron chi connectivity index (χ1n) is 11.4. The van der Waals surface area contributed by atoms with Crippen LogP contribution in [0.2, 0.25) is 0 Å². The van der Waals surface area contributed by atoms with Gasteiger partial charge in [-0.15, -0.1) is 0 Å². The predicted molar refractivity (Wildman–Crippen MR) is 112 cm³/mol. The largest absolute Gasteiger partial charge is 0.458 e. The Balaban J connectivity index is 1.35. The fourth-order valence-corrected chi connectivity index (χ4v) is 7.75.